The molecule has 0 radical (unpaired) electrons. The van der Waals surface area contributed by atoms with E-state index in [2.05, 4.69) is 46.9 Å². The third-order valence-electron chi connectivity index (χ3n) is 4.28. The molecule has 0 bridgehead atoms. The van der Waals surface area contributed by atoms with E-state index >= 15 is 0 Å². The van der Waals surface area contributed by atoms with E-state index in [1.54, 1.807) is 0 Å². The van der Waals surface area contributed by atoms with Gasteiger partial charge in [0.05, 0.1) is 17.1 Å². The Morgan fingerprint density at radius 1 is 1.35 bits per heavy atom. The van der Waals surface area contributed by atoms with Crippen LogP contribution in [0.3, 0.4) is 0 Å². The standard InChI is InChI=1S/C17H22BrNO/c1-11(2)16-8-13-9-17(20-6-5-12-3-4-12)15(18)7-14(13)10-19-16/h7,9-12,16H,3-6,8H2,1-2H3. The Kier molecular flexibility index (Phi) is 4.16. The van der Waals surface area contributed by atoms with Gasteiger partial charge in [-0.05, 0) is 63.9 Å². The van der Waals surface area contributed by atoms with E-state index in [0.29, 0.717) is 12.0 Å². The summed E-state index contributed by atoms with van der Waals surface area (Å²) in [4.78, 5) is 4.65. The van der Waals surface area contributed by atoms with Gasteiger partial charge in [-0.15, -0.1) is 0 Å². The van der Waals surface area contributed by atoms with E-state index in [1.165, 1.54) is 30.4 Å². The molecule has 1 aliphatic heterocycles. The van der Waals surface area contributed by atoms with Crippen LogP contribution in [0, 0.1) is 11.8 Å². The van der Waals surface area contributed by atoms with E-state index in [-0.39, 0.29) is 0 Å². The van der Waals surface area contributed by atoms with Crippen LogP contribution in [0.1, 0.15) is 44.2 Å². The quantitative estimate of drug-likeness (QED) is 0.768. The second-order valence-electron chi connectivity index (χ2n) is 6.36. The highest BCUT2D eigenvalue weighted by molar-refractivity contribution is 9.10. The highest BCUT2D eigenvalue weighted by Gasteiger charge is 2.22. The van der Waals surface area contributed by atoms with Gasteiger partial charge in [-0.1, -0.05) is 26.7 Å². The molecule has 3 heteroatoms. The second-order valence-corrected chi connectivity index (χ2v) is 7.21. The molecular weight excluding hydrogens is 314 g/mol. The highest BCUT2D eigenvalue weighted by Crippen LogP contribution is 2.34. The summed E-state index contributed by atoms with van der Waals surface area (Å²) in [5.41, 5.74) is 2.59. The predicted molar refractivity (Wildman–Crippen MR) is 86.9 cm³/mol. The molecule has 3 rings (SSSR count). The molecule has 0 amide bonds. The van der Waals surface area contributed by atoms with Gasteiger partial charge in [0, 0.05) is 6.21 Å². The summed E-state index contributed by atoms with van der Waals surface area (Å²) in [7, 11) is 0. The normalized spacial score (nSPS) is 21.1. The molecule has 0 spiro atoms. The van der Waals surface area contributed by atoms with Crippen LogP contribution in [0.25, 0.3) is 0 Å². The lowest BCUT2D eigenvalue weighted by Gasteiger charge is -2.23. The first-order chi connectivity index (χ1) is 9.63. The third-order valence-corrected chi connectivity index (χ3v) is 4.90. The molecule has 0 N–H and O–H groups in total. The van der Waals surface area contributed by atoms with Crippen molar-refractivity contribution in [3.8, 4) is 5.75 Å². The monoisotopic (exact) mass is 335 g/mol. The van der Waals surface area contributed by atoms with E-state index in [4.69, 9.17) is 4.74 Å². The van der Waals surface area contributed by atoms with Gasteiger partial charge in [0.25, 0.3) is 0 Å². The summed E-state index contributed by atoms with van der Waals surface area (Å²) in [6.45, 7) is 5.31. The van der Waals surface area contributed by atoms with Crippen LogP contribution < -0.4 is 4.74 Å². The van der Waals surface area contributed by atoms with Crippen molar-refractivity contribution < 1.29 is 4.74 Å². The summed E-state index contributed by atoms with van der Waals surface area (Å²) in [5.74, 6) is 2.49. The van der Waals surface area contributed by atoms with E-state index < -0.39 is 0 Å². The summed E-state index contributed by atoms with van der Waals surface area (Å²) < 4.78 is 7.00. The zero-order valence-electron chi connectivity index (χ0n) is 12.2. The first-order valence-corrected chi connectivity index (χ1v) is 8.41. The van der Waals surface area contributed by atoms with Crippen molar-refractivity contribution in [1.29, 1.82) is 0 Å². The molecule has 1 aromatic rings. The minimum Gasteiger partial charge on any atom is -0.492 e. The average molecular weight is 336 g/mol. The molecule has 1 fully saturated rings. The molecule has 108 valence electrons. The zero-order chi connectivity index (χ0) is 14.1. The van der Waals surface area contributed by atoms with Crippen LogP contribution in [-0.4, -0.2) is 18.9 Å². The van der Waals surface area contributed by atoms with Gasteiger partial charge in [0.2, 0.25) is 0 Å². The minimum absolute atomic E-state index is 0.406. The van der Waals surface area contributed by atoms with Gasteiger partial charge in [-0.25, -0.2) is 0 Å². The zero-order valence-corrected chi connectivity index (χ0v) is 13.8. The average Bonchev–Trinajstić information content (AvgIpc) is 3.23. The van der Waals surface area contributed by atoms with E-state index in [0.717, 1.165) is 29.2 Å². The maximum absolute atomic E-state index is 5.96. The first kappa shape index (κ1) is 14.1. The number of aliphatic imine (C=N–C) groups is 1. The molecule has 1 heterocycles. The number of halogens is 1. The lowest BCUT2D eigenvalue weighted by molar-refractivity contribution is 0.300. The third kappa shape index (κ3) is 3.25. The van der Waals surface area contributed by atoms with Crippen LogP contribution in [0.15, 0.2) is 21.6 Å². The van der Waals surface area contributed by atoms with Crippen LogP contribution >= 0.6 is 15.9 Å². The molecule has 1 unspecified atom stereocenters. The van der Waals surface area contributed by atoms with Gasteiger partial charge in [-0.3, -0.25) is 4.99 Å². The number of hydrogen-bond donors (Lipinski definition) is 0. The number of fused-ring (bicyclic) bond motifs is 1. The molecule has 20 heavy (non-hydrogen) atoms. The molecule has 2 nitrogen and oxygen atoms in total. The summed E-state index contributed by atoms with van der Waals surface area (Å²) >= 11 is 3.62. The number of nitrogens with zero attached hydrogens (tertiary/aromatic N) is 1. The molecule has 1 atom stereocenters. The lowest BCUT2D eigenvalue weighted by atomic mass is 9.92. The van der Waals surface area contributed by atoms with Crippen molar-refractivity contribution in [2.24, 2.45) is 16.8 Å². The van der Waals surface area contributed by atoms with Crippen molar-refractivity contribution >= 4 is 22.1 Å². The number of hydrogen-bond acceptors (Lipinski definition) is 2. The fraction of sp³-hybridized carbons (Fsp3) is 0.588. The van der Waals surface area contributed by atoms with Crippen LogP contribution in [-0.2, 0) is 6.42 Å². The summed E-state index contributed by atoms with van der Waals surface area (Å²) in [6.07, 6.45) is 7.01. The Balaban J connectivity index is 1.72. The Morgan fingerprint density at radius 2 is 2.15 bits per heavy atom. The van der Waals surface area contributed by atoms with Crippen LogP contribution in [0.5, 0.6) is 5.75 Å². The Bertz CT molecular complexity index is 520. The number of rotatable bonds is 5. The van der Waals surface area contributed by atoms with Crippen molar-refractivity contribution in [1.82, 2.24) is 0 Å². The fourth-order valence-corrected chi connectivity index (χ4v) is 3.10. The first-order valence-electron chi connectivity index (χ1n) is 7.62. The SMILES string of the molecule is CC(C)C1Cc2cc(OCCC3CC3)c(Br)cc2C=N1. The van der Waals surface area contributed by atoms with Gasteiger partial charge < -0.3 is 4.74 Å². The topological polar surface area (TPSA) is 21.6 Å². The van der Waals surface area contributed by atoms with Gasteiger partial charge >= 0.3 is 0 Å². The molecule has 2 aliphatic rings. The van der Waals surface area contributed by atoms with Crippen LogP contribution in [0.4, 0.5) is 0 Å². The highest BCUT2D eigenvalue weighted by atomic mass is 79.9. The number of benzene rings is 1. The van der Waals surface area contributed by atoms with Gasteiger partial charge in [0.15, 0.2) is 0 Å². The maximum Gasteiger partial charge on any atom is 0.133 e. The van der Waals surface area contributed by atoms with Crippen molar-refractivity contribution in [3.05, 3.63) is 27.7 Å². The Labute approximate surface area is 129 Å². The lowest BCUT2D eigenvalue weighted by Crippen LogP contribution is -2.21. The number of ether oxygens (including phenoxy) is 1. The second kappa shape index (κ2) is 5.88. The van der Waals surface area contributed by atoms with E-state index in [1.807, 2.05) is 6.21 Å². The van der Waals surface area contributed by atoms with Crippen molar-refractivity contribution in [3.63, 3.8) is 0 Å². The van der Waals surface area contributed by atoms with Crippen molar-refractivity contribution in [2.75, 3.05) is 6.61 Å². The molecule has 1 saturated carbocycles. The minimum atomic E-state index is 0.406. The van der Waals surface area contributed by atoms with Crippen molar-refractivity contribution in [2.45, 2.75) is 45.6 Å². The maximum atomic E-state index is 5.96. The van der Waals surface area contributed by atoms with Gasteiger partial charge in [0.1, 0.15) is 5.75 Å². The smallest absolute Gasteiger partial charge is 0.133 e. The molecule has 0 saturated heterocycles. The summed E-state index contributed by atoms with van der Waals surface area (Å²) in [5, 5.41) is 0. The Morgan fingerprint density at radius 3 is 2.85 bits per heavy atom. The fourth-order valence-electron chi connectivity index (χ4n) is 2.62. The molecule has 1 aliphatic carbocycles. The Hall–Kier alpha value is -0.830. The molecule has 0 aromatic heterocycles. The van der Waals surface area contributed by atoms with Gasteiger partial charge in [-0.2, -0.15) is 0 Å². The van der Waals surface area contributed by atoms with E-state index in [9.17, 15) is 0 Å². The summed E-state index contributed by atoms with van der Waals surface area (Å²) in [6, 6.07) is 4.75. The molecular formula is C17H22BrNO. The largest absolute Gasteiger partial charge is 0.492 e. The molecule has 1 aromatic carbocycles. The van der Waals surface area contributed by atoms with Crippen LogP contribution in [0.2, 0.25) is 0 Å². The predicted octanol–water partition coefficient (Wildman–Crippen LogP) is 4.63.